The maximum absolute atomic E-state index is 9.64. The standard InChI is InChI=1S/C16H32N2O/c1-14(2)11-18-9-5-15(6-10-18)17-12-16(13-19)7-3-4-8-16/h14-15,17,19H,3-13H2,1-2H3. The molecule has 0 aromatic heterocycles. The highest BCUT2D eigenvalue weighted by Crippen LogP contribution is 2.37. The van der Waals surface area contributed by atoms with Gasteiger partial charge in [0, 0.05) is 31.2 Å². The summed E-state index contributed by atoms with van der Waals surface area (Å²) in [6, 6.07) is 0.674. The van der Waals surface area contributed by atoms with Crippen LogP contribution in [0.5, 0.6) is 0 Å². The van der Waals surface area contributed by atoms with E-state index in [0.29, 0.717) is 12.6 Å². The van der Waals surface area contributed by atoms with Crippen LogP contribution in [0, 0.1) is 11.3 Å². The first-order valence-corrected chi connectivity index (χ1v) is 8.20. The summed E-state index contributed by atoms with van der Waals surface area (Å²) in [5.41, 5.74) is 0.203. The van der Waals surface area contributed by atoms with E-state index in [4.69, 9.17) is 0 Å². The molecule has 1 aliphatic heterocycles. The number of rotatable bonds is 6. The van der Waals surface area contributed by atoms with Crippen LogP contribution >= 0.6 is 0 Å². The third-order valence-corrected chi connectivity index (χ3v) is 4.98. The van der Waals surface area contributed by atoms with Gasteiger partial charge in [-0.1, -0.05) is 26.7 Å². The van der Waals surface area contributed by atoms with Crippen molar-refractivity contribution in [1.82, 2.24) is 10.2 Å². The summed E-state index contributed by atoms with van der Waals surface area (Å²) in [7, 11) is 0. The Hall–Kier alpha value is -0.120. The van der Waals surface area contributed by atoms with Crippen molar-refractivity contribution in [2.24, 2.45) is 11.3 Å². The molecule has 2 aliphatic rings. The Morgan fingerprint density at radius 2 is 1.84 bits per heavy atom. The lowest BCUT2D eigenvalue weighted by atomic mass is 9.86. The number of hydrogen-bond acceptors (Lipinski definition) is 3. The molecule has 2 N–H and O–H groups in total. The molecule has 19 heavy (non-hydrogen) atoms. The van der Waals surface area contributed by atoms with Gasteiger partial charge >= 0.3 is 0 Å². The normalized spacial score (nSPS) is 25.3. The average molecular weight is 268 g/mol. The Bertz CT molecular complexity index is 253. The molecule has 2 rings (SSSR count). The van der Waals surface area contributed by atoms with Gasteiger partial charge in [0.15, 0.2) is 0 Å². The first-order valence-electron chi connectivity index (χ1n) is 8.20. The van der Waals surface area contributed by atoms with Gasteiger partial charge in [-0.2, -0.15) is 0 Å². The summed E-state index contributed by atoms with van der Waals surface area (Å²) >= 11 is 0. The van der Waals surface area contributed by atoms with Gasteiger partial charge in [0.05, 0.1) is 0 Å². The highest BCUT2D eigenvalue weighted by atomic mass is 16.3. The highest BCUT2D eigenvalue weighted by molar-refractivity contribution is 4.88. The quantitative estimate of drug-likeness (QED) is 0.775. The molecule has 3 nitrogen and oxygen atoms in total. The van der Waals surface area contributed by atoms with E-state index >= 15 is 0 Å². The van der Waals surface area contributed by atoms with E-state index in [0.717, 1.165) is 12.5 Å². The maximum Gasteiger partial charge on any atom is 0.0499 e. The molecular weight excluding hydrogens is 236 g/mol. The lowest BCUT2D eigenvalue weighted by Crippen LogP contribution is -2.47. The Morgan fingerprint density at radius 3 is 2.37 bits per heavy atom. The summed E-state index contributed by atoms with van der Waals surface area (Å²) < 4.78 is 0. The molecule has 0 aromatic carbocycles. The van der Waals surface area contributed by atoms with Crippen LogP contribution in [-0.2, 0) is 0 Å². The van der Waals surface area contributed by atoms with E-state index in [2.05, 4.69) is 24.1 Å². The Morgan fingerprint density at radius 1 is 1.21 bits per heavy atom. The fourth-order valence-electron chi connectivity index (χ4n) is 3.71. The van der Waals surface area contributed by atoms with E-state index in [-0.39, 0.29) is 5.41 Å². The molecule has 1 saturated heterocycles. The molecular formula is C16H32N2O. The molecule has 0 aromatic rings. The minimum atomic E-state index is 0.203. The van der Waals surface area contributed by atoms with Crippen LogP contribution in [0.1, 0.15) is 52.4 Å². The van der Waals surface area contributed by atoms with Crippen molar-refractivity contribution in [1.29, 1.82) is 0 Å². The van der Waals surface area contributed by atoms with Gasteiger partial charge in [-0.05, 0) is 44.7 Å². The predicted molar refractivity (Wildman–Crippen MR) is 80.3 cm³/mol. The Balaban J connectivity index is 1.68. The Kier molecular flexibility index (Phi) is 5.67. The van der Waals surface area contributed by atoms with Gasteiger partial charge in [0.25, 0.3) is 0 Å². The third kappa shape index (κ3) is 4.44. The van der Waals surface area contributed by atoms with Crippen LogP contribution in [0.25, 0.3) is 0 Å². The number of aliphatic hydroxyl groups excluding tert-OH is 1. The molecule has 0 spiro atoms. The molecule has 1 saturated carbocycles. The summed E-state index contributed by atoms with van der Waals surface area (Å²) in [6.07, 6.45) is 7.57. The molecule has 0 amide bonds. The average Bonchev–Trinajstić information content (AvgIpc) is 2.87. The lowest BCUT2D eigenvalue weighted by Gasteiger charge is -2.36. The van der Waals surface area contributed by atoms with Crippen molar-refractivity contribution in [2.75, 3.05) is 32.8 Å². The van der Waals surface area contributed by atoms with Crippen molar-refractivity contribution in [2.45, 2.75) is 58.4 Å². The number of piperidine rings is 1. The number of nitrogens with zero attached hydrogens (tertiary/aromatic N) is 1. The van der Waals surface area contributed by atoms with E-state index in [1.807, 2.05) is 0 Å². The van der Waals surface area contributed by atoms with E-state index in [9.17, 15) is 5.11 Å². The van der Waals surface area contributed by atoms with Gasteiger partial charge in [0.1, 0.15) is 0 Å². The largest absolute Gasteiger partial charge is 0.396 e. The second-order valence-corrected chi connectivity index (χ2v) is 7.21. The van der Waals surface area contributed by atoms with Crippen molar-refractivity contribution in [3.8, 4) is 0 Å². The first kappa shape index (κ1) is 15.3. The highest BCUT2D eigenvalue weighted by Gasteiger charge is 2.33. The molecule has 1 aliphatic carbocycles. The van der Waals surface area contributed by atoms with Crippen molar-refractivity contribution in [3.05, 3.63) is 0 Å². The van der Waals surface area contributed by atoms with Crippen LogP contribution in [0.3, 0.4) is 0 Å². The van der Waals surface area contributed by atoms with E-state index < -0.39 is 0 Å². The zero-order valence-electron chi connectivity index (χ0n) is 12.8. The summed E-state index contributed by atoms with van der Waals surface area (Å²) in [4.78, 5) is 2.60. The van der Waals surface area contributed by atoms with Crippen LogP contribution in [0.15, 0.2) is 0 Å². The zero-order valence-corrected chi connectivity index (χ0v) is 12.8. The van der Waals surface area contributed by atoms with Gasteiger partial charge in [-0.3, -0.25) is 0 Å². The molecule has 112 valence electrons. The molecule has 3 heteroatoms. The lowest BCUT2D eigenvalue weighted by molar-refractivity contribution is 0.115. The molecule has 0 atom stereocenters. The second-order valence-electron chi connectivity index (χ2n) is 7.21. The number of likely N-dealkylation sites (tertiary alicyclic amines) is 1. The minimum Gasteiger partial charge on any atom is -0.396 e. The van der Waals surface area contributed by atoms with Crippen molar-refractivity contribution >= 4 is 0 Å². The predicted octanol–water partition coefficient (Wildman–Crippen LogP) is 2.25. The Labute approximate surface area is 118 Å². The number of hydrogen-bond donors (Lipinski definition) is 2. The summed E-state index contributed by atoms with van der Waals surface area (Å²) in [5.74, 6) is 0.778. The third-order valence-electron chi connectivity index (χ3n) is 4.98. The first-order chi connectivity index (χ1) is 9.13. The maximum atomic E-state index is 9.64. The van der Waals surface area contributed by atoms with Gasteiger partial charge in [-0.25, -0.2) is 0 Å². The summed E-state index contributed by atoms with van der Waals surface area (Å²) in [6.45, 7) is 9.71. The molecule has 0 bridgehead atoms. The summed E-state index contributed by atoms with van der Waals surface area (Å²) in [5, 5.41) is 13.4. The SMILES string of the molecule is CC(C)CN1CCC(NCC2(CO)CCCC2)CC1. The van der Waals surface area contributed by atoms with Crippen LogP contribution in [0.4, 0.5) is 0 Å². The second kappa shape index (κ2) is 7.05. The number of nitrogens with one attached hydrogen (secondary N) is 1. The topological polar surface area (TPSA) is 35.5 Å². The molecule has 1 heterocycles. The fraction of sp³-hybridized carbons (Fsp3) is 1.00. The van der Waals surface area contributed by atoms with Crippen molar-refractivity contribution in [3.63, 3.8) is 0 Å². The zero-order chi connectivity index (χ0) is 13.7. The molecule has 0 radical (unpaired) electrons. The van der Waals surface area contributed by atoms with Crippen LogP contribution < -0.4 is 5.32 Å². The van der Waals surface area contributed by atoms with E-state index in [1.54, 1.807) is 0 Å². The fourth-order valence-corrected chi connectivity index (χ4v) is 3.71. The van der Waals surface area contributed by atoms with Crippen LogP contribution in [0.2, 0.25) is 0 Å². The van der Waals surface area contributed by atoms with Crippen molar-refractivity contribution < 1.29 is 5.11 Å². The van der Waals surface area contributed by atoms with Gasteiger partial charge in [0.2, 0.25) is 0 Å². The van der Waals surface area contributed by atoms with Crippen LogP contribution in [-0.4, -0.2) is 48.8 Å². The minimum absolute atomic E-state index is 0.203. The van der Waals surface area contributed by atoms with Gasteiger partial charge in [-0.15, -0.1) is 0 Å². The number of aliphatic hydroxyl groups is 1. The van der Waals surface area contributed by atoms with Gasteiger partial charge < -0.3 is 15.3 Å². The van der Waals surface area contributed by atoms with E-state index in [1.165, 1.54) is 58.2 Å². The smallest absolute Gasteiger partial charge is 0.0499 e. The molecule has 2 fully saturated rings. The molecule has 0 unspecified atom stereocenters. The monoisotopic (exact) mass is 268 g/mol.